The molecule has 0 saturated heterocycles. The number of amides is 1. The maximum Gasteiger partial charge on any atom is 0.270 e. The summed E-state index contributed by atoms with van der Waals surface area (Å²) in [4.78, 5) is 11.2. The van der Waals surface area contributed by atoms with E-state index in [0.717, 1.165) is 6.42 Å². The molecule has 0 aliphatic rings. The minimum atomic E-state index is -3.91. The summed E-state index contributed by atoms with van der Waals surface area (Å²) in [5.74, 6) is -0.420. The number of carbonyl (C=O) groups excluding carboxylic acids is 1. The van der Waals surface area contributed by atoms with Gasteiger partial charge >= 0.3 is 0 Å². The van der Waals surface area contributed by atoms with E-state index in [2.05, 4.69) is 11.9 Å². The molecule has 0 saturated carbocycles. The van der Waals surface area contributed by atoms with Gasteiger partial charge in [0.25, 0.3) is 10.1 Å². The van der Waals surface area contributed by atoms with E-state index in [1.165, 1.54) is 0 Å². The lowest BCUT2D eigenvalue weighted by atomic mass is 10.3. The fourth-order valence-corrected chi connectivity index (χ4v) is 2.06. The molecule has 0 atom stereocenters. The van der Waals surface area contributed by atoms with Crippen LogP contribution in [0.1, 0.15) is 13.3 Å². The first-order valence-corrected chi connectivity index (χ1v) is 7.35. The molecule has 19 heavy (non-hydrogen) atoms. The van der Waals surface area contributed by atoms with Crippen LogP contribution in [0.5, 0.6) is 0 Å². The number of nitrogens with one attached hydrogen (secondary N) is 1. The van der Waals surface area contributed by atoms with Crippen molar-refractivity contribution in [2.24, 2.45) is 0 Å². The third-order valence-electron chi connectivity index (χ3n) is 2.57. The number of hydrogen-bond donors (Lipinski definition) is 2. The lowest BCUT2D eigenvalue weighted by Crippen LogP contribution is -2.44. The first-order chi connectivity index (χ1) is 8.03. The second-order valence-electron chi connectivity index (χ2n) is 5.06. The van der Waals surface area contributed by atoms with Crippen LogP contribution in [0, 0.1) is 0 Å². The molecule has 1 amide bonds. The third kappa shape index (κ3) is 11.8. The molecule has 7 nitrogen and oxygen atoms in total. The highest BCUT2D eigenvalue weighted by atomic mass is 32.2. The summed E-state index contributed by atoms with van der Waals surface area (Å²) in [7, 11) is -0.148. The standard InChI is InChI=1S/C11H22N2O4S.H2O/c1-10(2)11(14)12-6-5-7-13(3,4)8-9-18(15,16)17;/h1,5-9H2,2-4H3,(H-,12,14,15,16,17);1H2. The van der Waals surface area contributed by atoms with Gasteiger partial charge in [0.15, 0.2) is 0 Å². The first-order valence-electron chi connectivity index (χ1n) is 5.74. The topological polar surface area (TPSA) is 113 Å². The van der Waals surface area contributed by atoms with Crippen molar-refractivity contribution in [1.29, 1.82) is 0 Å². The van der Waals surface area contributed by atoms with E-state index in [-0.39, 0.29) is 17.1 Å². The van der Waals surface area contributed by atoms with Gasteiger partial charge in [-0.05, 0) is 6.92 Å². The van der Waals surface area contributed by atoms with Crippen molar-refractivity contribution < 1.29 is 27.7 Å². The van der Waals surface area contributed by atoms with Gasteiger partial charge in [-0.3, -0.25) is 9.35 Å². The number of nitrogens with zero attached hydrogens (tertiary/aromatic N) is 1. The highest BCUT2D eigenvalue weighted by Crippen LogP contribution is 2.00. The van der Waals surface area contributed by atoms with Crippen LogP contribution < -0.4 is 5.32 Å². The summed E-state index contributed by atoms with van der Waals surface area (Å²) in [5.41, 5.74) is 0.468. The van der Waals surface area contributed by atoms with Crippen molar-refractivity contribution >= 4 is 16.0 Å². The molecule has 0 aliphatic carbocycles. The van der Waals surface area contributed by atoms with Crippen LogP contribution in [0.2, 0.25) is 0 Å². The van der Waals surface area contributed by atoms with Crippen molar-refractivity contribution in [3.63, 3.8) is 0 Å². The molecule has 8 heteroatoms. The molecule has 0 fully saturated rings. The molecule has 0 spiro atoms. The normalized spacial score (nSPS) is 11.6. The summed E-state index contributed by atoms with van der Waals surface area (Å²) >= 11 is 0. The molecule has 0 aromatic heterocycles. The molecular weight excluding hydrogens is 272 g/mol. The molecule has 0 rings (SSSR count). The van der Waals surface area contributed by atoms with E-state index in [4.69, 9.17) is 4.55 Å². The highest BCUT2D eigenvalue weighted by Gasteiger charge is 2.18. The van der Waals surface area contributed by atoms with Crippen molar-refractivity contribution in [2.45, 2.75) is 13.3 Å². The summed E-state index contributed by atoms with van der Waals surface area (Å²) in [6.45, 7) is 6.75. The van der Waals surface area contributed by atoms with Crippen LogP contribution in [0.3, 0.4) is 0 Å². The van der Waals surface area contributed by atoms with Crippen LogP contribution in [0.4, 0.5) is 0 Å². The molecule has 0 radical (unpaired) electrons. The molecular formula is C11H24N2O5S. The molecule has 3 N–H and O–H groups in total. The van der Waals surface area contributed by atoms with Gasteiger partial charge in [-0.15, -0.1) is 0 Å². The minimum absolute atomic E-state index is 0. The summed E-state index contributed by atoms with van der Waals surface area (Å²) in [5, 5.41) is 2.71. The SMILES string of the molecule is C=C(C)C(=O)NCCC[N+](C)(C)CCS(=O)(=O)O.[OH-]. The van der Waals surface area contributed by atoms with E-state index >= 15 is 0 Å². The Morgan fingerprint density at radius 2 is 1.84 bits per heavy atom. The highest BCUT2D eigenvalue weighted by molar-refractivity contribution is 7.85. The van der Waals surface area contributed by atoms with E-state index in [0.29, 0.717) is 29.7 Å². The van der Waals surface area contributed by atoms with E-state index in [9.17, 15) is 13.2 Å². The lowest BCUT2D eigenvalue weighted by molar-refractivity contribution is -0.888. The van der Waals surface area contributed by atoms with Gasteiger partial charge in [-0.25, -0.2) is 0 Å². The Hall–Kier alpha value is -0.960. The number of rotatable bonds is 8. The van der Waals surface area contributed by atoms with Crippen LogP contribution in [-0.4, -0.2) is 68.3 Å². The zero-order chi connectivity index (χ0) is 14.4. The molecule has 0 aromatic rings. The Morgan fingerprint density at radius 3 is 2.26 bits per heavy atom. The van der Waals surface area contributed by atoms with Crippen LogP contribution >= 0.6 is 0 Å². The molecule has 0 heterocycles. The predicted molar refractivity (Wildman–Crippen MR) is 72.6 cm³/mol. The van der Waals surface area contributed by atoms with E-state index in [1.54, 1.807) is 6.92 Å². The van der Waals surface area contributed by atoms with Crippen molar-refractivity contribution in [3.05, 3.63) is 12.2 Å². The van der Waals surface area contributed by atoms with Gasteiger partial charge in [0.05, 0.1) is 27.2 Å². The van der Waals surface area contributed by atoms with Gasteiger partial charge in [-0.1, -0.05) is 6.58 Å². The van der Waals surface area contributed by atoms with Crippen molar-refractivity contribution in [3.8, 4) is 0 Å². The predicted octanol–water partition coefficient (Wildman–Crippen LogP) is -0.144. The van der Waals surface area contributed by atoms with Crippen LogP contribution in [0.25, 0.3) is 0 Å². The fraction of sp³-hybridized carbons (Fsp3) is 0.727. The van der Waals surface area contributed by atoms with Gasteiger partial charge in [0.2, 0.25) is 5.91 Å². The smallest absolute Gasteiger partial charge is 0.270 e. The molecule has 0 aliphatic heterocycles. The molecule has 114 valence electrons. The monoisotopic (exact) mass is 296 g/mol. The zero-order valence-electron chi connectivity index (χ0n) is 11.7. The molecule has 0 unspecified atom stereocenters. The van der Waals surface area contributed by atoms with Crippen molar-refractivity contribution in [1.82, 2.24) is 5.32 Å². The summed E-state index contributed by atoms with van der Waals surface area (Å²) in [6, 6.07) is 0. The fourth-order valence-electron chi connectivity index (χ4n) is 1.33. The van der Waals surface area contributed by atoms with E-state index < -0.39 is 10.1 Å². The van der Waals surface area contributed by atoms with Gasteiger partial charge < -0.3 is 15.3 Å². The quantitative estimate of drug-likeness (QED) is 0.280. The van der Waals surface area contributed by atoms with Gasteiger partial charge in [0.1, 0.15) is 5.75 Å². The second kappa shape index (κ2) is 8.26. The number of quaternary nitrogens is 1. The average molecular weight is 296 g/mol. The minimum Gasteiger partial charge on any atom is -0.870 e. The number of hydrogen-bond acceptors (Lipinski definition) is 4. The van der Waals surface area contributed by atoms with Gasteiger partial charge in [0, 0.05) is 18.5 Å². The van der Waals surface area contributed by atoms with E-state index in [1.807, 2.05) is 14.1 Å². The Morgan fingerprint density at radius 1 is 1.32 bits per heavy atom. The maximum absolute atomic E-state index is 11.2. The van der Waals surface area contributed by atoms with Crippen molar-refractivity contribution in [2.75, 3.05) is 39.5 Å². The second-order valence-corrected chi connectivity index (χ2v) is 6.63. The molecule has 0 bridgehead atoms. The largest absolute Gasteiger partial charge is 0.870 e. The Balaban J connectivity index is 0. The molecule has 0 aromatic carbocycles. The van der Waals surface area contributed by atoms with Gasteiger partial charge in [-0.2, -0.15) is 8.42 Å². The summed E-state index contributed by atoms with van der Waals surface area (Å²) in [6.07, 6.45) is 0.734. The average Bonchev–Trinajstić information content (AvgIpc) is 2.20. The number of carbonyl (C=O) groups is 1. The van der Waals surface area contributed by atoms with Crippen LogP contribution in [-0.2, 0) is 14.9 Å². The van der Waals surface area contributed by atoms with Crippen LogP contribution in [0.15, 0.2) is 12.2 Å². The Bertz CT molecular complexity index is 403. The maximum atomic E-state index is 11.2. The first kappa shape index (κ1) is 20.4. The zero-order valence-corrected chi connectivity index (χ0v) is 12.5. The summed E-state index contributed by atoms with van der Waals surface area (Å²) < 4.78 is 30.5. The lowest BCUT2D eigenvalue weighted by Gasteiger charge is -2.29. The Labute approximate surface area is 114 Å². The Kier molecular flexibility index (Phi) is 8.85. The third-order valence-corrected chi connectivity index (χ3v) is 3.27.